The molecule has 1 aromatic carbocycles. The highest BCUT2D eigenvalue weighted by Gasteiger charge is 2.37. The lowest BCUT2D eigenvalue weighted by Crippen LogP contribution is -2.55. The molecule has 0 bridgehead atoms. The third-order valence-electron chi connectivity index (χ3n) is 3.06. The van der Waals surface area contributed by atoms with Gasteiger partial charge in [-0.05, 0) is 39.0 Å². The molecular weight excluding hydrogens is 270 g/mol. The number of nitrogens with zero attached hydrogens (tertiary/aromatic N) is 1. The molecule has 1 aromatic rings. The molecule has 2 amide bonds. The molecule has 1 saturated heterocycles. The minimum absolute atomic E-state index is 0.111. The van der Waals surface area contributed by atoms with Gasteiger partial charge in [-0.3, -0.25) is 4.79 Å². The maximum Gasteiger partial charge on any atom is 0.410 e. The number of carbonyl (C=O) groups is 2. The summed E-state index contributed by atoms with van der Waals surface area (Å²) in [6.07, 6.45) is -0.379. The van der Waals surface area contributed by atoms with Gasteiger partial charge in [-0.25, -0.2) is 4.79 Å². The van der Waals surface area contributed by atoms with Crippen LogP contribution in [0.25, 0.3) is 0 Å². The first-order chi connectivity index (χ1) is 9.74. The van der Waals surface area contributed by atoms with Crippen LogP contribution in [0.1, 0.15) is 20.8 Å². The molecule has 3 N–H and O–H groups in total. The smallest absolute Gasteiger partial charge is 0.410 e. The Balaban J connectivity index is 1.81. The minimum Gasteiger partial charge on any atom is -0.444 e. The second-order valence-corrected chi connectivity index (χ2v) is 6.20. The Morgan fingerprint density at radius 3 is 2.57 bits per heavy atom. The molecule has 0 unspecified atom stereocenters. The van der Waals surface area contributed by atoms with E-state index in [0.717, 1.165) is 0 Å². The van der Waals surface area contributed by atoms with Crippen molar-refractivity contribution in [1.82, 2.24) is 4.90 Å². The molecule has 2 rings (SSSR count). The van der Waals surface area contributed by atoms with E-state index < -0.39 is 5.60 Å². The van der Waals surface area contributed by atoms with E-state index in [0.29, 0.717) is 24.5 Å². The molecule has 6 nitrogen and oxygen atoms in total. The molecule has 1 aliphatic rings. The number of benzene rings is 1. The zero-order valence-corrected chi connectivity index (χ0v) is 12.6. The summed E-state index contributed by atoms with van der Waals surface area (Å²) in [6, 6.07) is 7.00. The predicted molar refractivity (Wildman–Crippen MR) is 80.8 cm³/mol. The van der Waals surface area contributed by atoms with Gasteiger partial charge < -0.3 is 20.7 Å². The number of amides is 2. The fraction of sp³-hybridized carbons (Fsp3) is 0.467. The van der Waals surface area contributed by atoms with Crippen molar-refractivity contribution >= 4 is 23.4 Å². The number of hydrogen-bond donors (Lipinski definition) is 2. The number of rotatable bonds is 2. The number of hydrogen-bond acceptors (Lipinski definition) is 4. The van der Waals surface area contributed by atoms with Crippen molar-refractivity contribution in [2.45, 2.75) is 26.4 Å². The number of nitrogens with one attached hydrogen (secondary N) is 1. The lowest BCUT2D eigenvalue weighted by atomic mass is 10.00. The van der Waals surface area contributed by atoms with Gasteiger partial charge in [-0.2, -0.15) is 0 Å². The molecule has 0 aliphatic carbocycles. The van der Waals surface area contributed by atoms with Crippen molar-refractivity contribution in [3.63, 3.8) is 0 Å². The van der Waals surface area contributed by atoms with Gasteiger partial charge in [0.2, 0.25) is 5.91 Å². The highest BCUT2D eigenvalue weighted by molar-refractivity contribution is 5.94. The van der Waals surface area contributed by atoms with Gasteiger partial charge >= 0.3 is 6.09 Å². The number of anilines is 2. The third kappa shape index (κ3) is 4.11. The van der Waals surface area contributed by atoms with Crippen LogP contribution < -0.4 is 11.1 Å². The summed E-state index contributed by atoms with van der Waals surface area (Å²) < 4.78 is 5.24. The van der Waals surface area contributed by atoms with Gasteiger partial charge in [0.25, 0.3) is 0 Å². The van der Waals surface area contributed by atoms with E-state index in [9.17, 15) is 9.59 Å². The van der Waals surface area contributed by atoms with E-state index in [1.54, 1.807) is 24.3 Å². The molecule has 0 aromatic heterocycles. The largest absolute Gasteiger partial charge is 0.444 e. The van der Waals surface area contributed by atoms with Crippen molar-refractivity contribution < 1.29 is 14.3 Å². The normalized spacial score (nSPS) is 15.3. The van der Waals surface area contributed by atoms with Gasteiger partial charge in [-0.15, -0.1) is 0 Å². The number of carbonyl (C=O) groups excluding carboxylic acids is 2. The second-order valence-electron chi connectivity index (χ2n) is 6.20. The van der Waals surface area contributed by atoms with Crippen LogP contribution in [-0.4, -0.2) is 35.6 Å². The van der Waals surface area contributed by atoms with Crippen LogP contribution in [0.15, 0.2) is 24.3 Å². The molecule has 0 spiro atoms. The van der Waals surface area contributed by atoms with Crippen molar-refractivity contribution in [3.05, 3.63) is 24.3 Å². The molecule has 21 heavy (non-hydrogen) atoms. The molecule has 114 valence electrons. The summed E-state index contributed by atoms with van der Waals surface area (Å²) in [5, 5.41) is 2.79. The maximum atomic E-state index is 12.0. The Hall–Kier alpha value is -2.24. The molecular formula is C15H21N3O3. The van der Waals surface area contributed by atoms with Gasteiger partial charge in [0, 0.05) is 24.5 Å². The second kappa shape index (κ2) is 5.63. The molecule has 1 heterocycles. The Morgan fingerprint density at radius 1 is 1.33 bits per heavy atom. The van der Waals surface area contributed by atoms with Crippen LogP contribution >= 0.6 is 0 Å². The summed E-state index contributed by atoms with van der Waals surface area (Å²) in [7, 11) is 0. The lowest BCUT2D eigenvalue weighted by Gasteiger charge is -2.38. The van der Waals surface area contributed by atoms with Crippen LogP contribution in [0.2, 0.25) is 0 Å². The number of nitrogens with two attached hydrogens (primary N) is 1. The van der Waals surface area contributed by atoms with Gasteiger partial charge in [0.1, 0.15) is 5.60 Å². The maximum absolute atomic E-state index is 12.0. The first kappa shape index (κ1) is 15.2. The van der Waals surface area contributed by atoms with Crippen molar-refractivity contribution in [2.24, 2.45) is 5.92 Å². The Morgan fingerprint density at radius 2 is 2.00 bits per heavy atom. The fourth-order valence-electron chi connectivity index (χ4n) is 1.98. The van der Waals surface area contributed by atoms with Crippen molar-refractivity contribution in [3.8, 4) is 0 Å². The zero-order valence-electron chi connectivity index (χ0n) is 12.6. The molecule has 0 atom stereocenters. The van der Waals surface area contributed by atoms with Crippen LogP contribution in [-0.2, 0) is 9.53 Å². The van der Waals surface area contributed by atoms with E-state index in [2.05, 4.69) is 5.32 Å². The quantitative estimate of drug-likeness (QED) is 0.817. The molecule has 6 heteroatoms. The van der Waals surface area contributed by atoms with E-state index in [-0.39, 0.29) is 17.9 Å². The SMILES string of the molecule is CC(C)(C)OC(=O)N1CC(C(=O)Nc2cccc(N)c2)C1. The van der Waals surface area contributed by atoms with Crippen LogP contribution in [0, 0.1) is 5.92 Å². The van der Waals surface area contributed by atoms with Crippen LogP contribution in [0.5, 0.6) is 0 Å². The van der Waals surface area contributed by atoms with E-state index in [1.165, 1.54) is 4.90 Å². The van der Waals surface area contributed by atoms with Crippen molar-refractivity contribution in [2.75, 3.05) is 24.1 Å². The molecule has 0 saturated carbocycles. The first-order valence-electron chi connectivity index (χ1n) is 6.89. The summed E-state index contributed by atoms with van der Waals surface area (Å²) in [4.78, 5) is 25.3. The molecule has 0 radical (unpaired) electrons. The van der Waals surface area contributed by atoms with E-state index >= 15 is 0 Å². The fourth-order valence-corrected chi connectivity index (χ4v) is 1.98. The summed E-state index contributed by atoms with van der Waals surface area (Å²) in [6.45, 7) is 6.20. The molecule has 1 fully saturated rings. The van der Waals surface area contributed by atoms with E-state index in [1.807, 2.05) is 20.8 Å². The highest BCUT2D eigenvalue weighted by Crippen LogP contribution is 2.21. The van der Waals surface area contributed by atoms with E-state index in [4.69, 9.17) is 10.5 Å². The third-order valence-corrected chi connectivity index (χ3v) is 3.06. The van der Waals surface area contributed by atoms with Crippen LogP contribution in [0.4, 0.5) is 16.2 Å². The van der Waals surface area contributed by atoms with Gasteiger partial charge in [0.05, 0.1) is 5.92 Å². The lowest BCUT2D eigenvalue weighted by molar-refractivity contribution is -0.124. The number of ether oxygens (including phenoxy) is 1. The highest BCUT2D eigenvalue weighted by atomic mass is 16.6. The topological polar surface area (TPSA) is 84.7 Å². The predicted octanol–water partition coefficient (Wildman–Crippen LogP) is 2.07. The number of likely N-dealkylation sites (tertiary alicyclic amines) is 1. The summed E-state index contributed by atoms with van der Waals surface area (Å²) in [5.41, 5.74) is 6.39. The summed E-state index contributed by atoms with van der Waals surface area (Å²) >= 11 is 0. The van der Waals surface area contributed by atoms with Crippen LogP contribution in [0.3, 0.4) is 0 Å². The molecule has 1 aliphatic heterocycles. The Kier molecular flexibility index (Phi) is 4.06. The minimum atomic E-state index is -0.522. The first-order valence-corrected chi connectivity index (χ1v) is 6.89. The van der Waals surface area contributed by atoms with Crippen molar-refractivity contribution in [1.29, 1.82) is 0 Å². The zero-order chi connectivity index (χ0) is 15.6. The monoisotopic (exact) mass is 291 g/mol. The van der Waals surface area contributed by atoms with Gasteiger partial charge in [0.15, 0.2) is 0 Å². The standard InChI is InChI=1S/C15H21N3O3/c1-15(2,3)21-14(20)18-8-10(9-18)13(19)17-12-6-4-5-11(16)7-12/h4-7,10H,8-9,16H2,1-3H3,(H,17,19). The Bertz CT molecular complexity index is 545. The summed E-state index contributed by atoms with van der Waals surface area (Å²) in [5.74, 6) is -0.320. The number of nitrogen functional groups attached to an aromatic ring is 1. The van der Waals surface area contributed by atoms with Gasteiger partial charge in [-0.1, -0.05) is 6.07 Å². The average Bonchev–Trinajstić information content (AvgIpc) is 2.23. The average molecular weight is 291 g/mol. The Labute approximate surface area is 124 Å².